The van der Waals surface area contributed by atoms with Gasteiger partial charge < -0.3 is 0 Å². The molecule has 0 saturated carbocycles. The van der Waals surface area contributed by atoms with Crippen molar-refractivity contribution in [2.75, 3.05) is 0 Å². The first-order valence-electron chi connectivity index (χ1n) is 12.7. The van der Waals surface area contributed by atoms with Crippen molar-refractivity contribution in [3.05, 3.63) is 83.9 Å². The first-order chi connectivity index (χ1) is 19.1. The molecule has 0 amide bonds. The van der Waals surface area contributed by atoms with Crippen LogP contribution in [0.25, 0.3) is 85.7 Å². The van der Waals surface area contributed by atoms with Crippen LogP contribution >= 0.6 is 34.8 Å². The van der Waals surface area contributed by atoms with Crippen molar-refractivity contribution in [3.8, 4) is 11.1 Å². The Kier molecular flexibility index (Phi) is 4.35. The van der Waals surface area contributed by atoms with E-state index in [1.54, 1.807) is 0 Å². The van der Waals surface area contributed by atoms with E-state index >= 15 is 0 Å². The second-order valence-corrected chi connectivity index (χ2v) is 12.4. The Morgan fingerprint density at radius 3 is 1.85 bits per heavy atom. The molecule has 9 rings (SSSR count). The number of benzene rings is 6. The minimum Gasteiger partial charge on any atom is -0.173 e. The van der Waals surface area contributed by atoms with Crippen molar-refractivity contribution in [1.82, 2.24) is 17.5 Å². The van der Waals surface area contributed by atoms with Crippen molar-refractivity contribution < 1.29 is 0 Å². The van der Waals surface area contributed by atoms with Crippen molar-refractivity contribution in [2.24, 2.45) is 0 Å². The second kappa shape index (κ2) is 7.76. The van der Waals surface area contributed by atoms with E-state index in [9.17, 15) is 0 Å². The molecule has 0 aliphatic rings. The van der Waals surface area contributed by atoms with E-state index in [1.165, 1.54) is 70.7 Å². The summed E-state index contributed by atoms with van der Waals surface area (Å²) in [4.78, 5) is 0. The first kappa shape index (κ1) is 21.8. The third-order valence-corrected chi connectivity index (χ3v) is 10.3. The van der Waals surface area contributed by atoms with Crippen LogP contribution in [0.2, 0.25) is 0 Å². The first-order valence-corrected chi connectivity index (χ1v) is 15.0. The zero-order valence-electron chi connectivity index (χ0n) is 20.9. The molecule has 6 aromatic carbocycles. The average molecular weight is 555 g/mol. The van der Waals surface area contributed by atoms with E-state index in [-0.39, 0.29) is 0 Å². The summed E-state index contributed by atoms with van der Waals surface area (Å²) in [6.07, 6.45) is 0. The van der Waals surface area contributed by atoms with Gasteiger partial charge in [-0.05, 0) is 64.7 Å². The molecule has 0 spiro atoms. The Morgan fingerprint density at radius 1 is 0.487 bits per heavy atom. The smallest absolute Gasteiger partial charge is 0.113 e. The van der Waals surface area contributed by atoms with Gasteiger partial charge in [0, 0.05) is 36.5 Å². The third kappa shape index (κ3) is 2.98. The highest BCUT2D eigenvalue weighted by atomic mass is 32.1. The molecule has 7 heteroatoms. The standard InChI is InChI=1S/C32H18N4S3/c1-15-3-7-20-17(11-15)5-9-22-23-10-6-18-13-19(4-8-21(18)32(23)37-31(20)22)24-14-26-25(30-28(24)34-39-36-30)12-16(2)27-29(26)35-38-33-27/h3-14H,1-2H3. The highest BCUT2D eigenvalue weighted by Crippen LogP contribution is 2.43. The molecular weight excluding hydrogens is 537 g/mol. The number of fused-ring (bicyclic) bond motifs is 12. The van der Waals surface area contributed by atoms with E-state index in [0.717, 1.165) is 49.5 Å². The third-order valence-electron chi connectivity index (χ3n) is 7.96. The molecule has 0 aliphatic carbocycles. The maximum Gasteiger partial charge on any atom is 0.113 e. The summed E-state index contributed by atoms with van der Waals surface area (Å²) < 4.78 is 21.3. The predicted molar refractivity (Wildman–Crippen MR) is 169 cm³/mol. The summed E-state index contributed by atoms with van der Waals surface area (Å²) in [7, 11) is 0. The zero-order valence-corrected chi connectivity index (χ0v) is 23.4. The minimum atomic E-state index is 0.938. The van der Waals surface area contributed by atoms with Crippen molar-refractivity contribution >= 4 is 109 Å². The number of aryl methyl sites for hydroxylation is 2. The zero-order chi connectivity index (χ0) is 25.8. The quantitative estimate of drug-likeness (QED) is 0.203. The SMILES string of the molecule is Cc1ccc2c(ccc3c4ccc5cc(-c6cc7c(cc(C)c8nsnc87)c7nsnc67)ccc5c4sc23)c1. The molecule has 0 unspecified atom stereocenters. The van der Waals surface area contributed by atoms with Crippen LogP contribution in [-0.2, 0) is 0 Å². The van der Waals surface area contributed by atoms with Crippen LogP contribution in [0.1, 0.15) is 11.1 Å². The fraction of sp³-hybridized carbons (Fsp3) is 0.0625. The number of aromatic nitrogens is 4. The van der Waals surface area contributed by atoms with Gasteiger partial charge in [0.1, 0.15) is 22.1 Å². The fourth-order valence-corrected chi connectivity index (χ4v) is 8.63. The van der Waals surface area contributed by atoms with Gasteiger partial charge >= 0.3 is 0 Å². The largest absolute Gasteiger partial charge is 0.173 e. The molecule has 184 valence electrons. The summed E-state index contributed by atoms with van der Waals surface area (Å²) in [5, 5.41) is 9.98. The molecule has 0 N–H and O–H groups in total. The molecule has 0 saturated heterocycles. The monoisotopic (exact) mass is 554 g/mol. The second-order valence-electron chi connectivity index (χ2n) is 10.3. The molecule has 0 aliphatic heterocycles. The minimum absolute atomic E-state index is 0.938. The van der Waals surface area contributed by atoms with Crippen LogP contribution in [0.5, 0.6) is 0 Å². The van der Waals surface area contributed by atoms with E-state index < -0.39 is 0 Å². The van der Waals surface area contributed by atoms with E-state index in [2.05, 4.69) is 95.4 Å². The van der Waals surface area contributed by atoms with Crippen molar-refractivity contribution in [1.29, 1.82) is 0 Å². The lowest BCUT2D eigenvalue weighted by atomic mass is 9.95. The Labute approximate surface area is 234 Å². The molecular formula is C32H18N4S3. The molecule has 9 aromatic rings. The molecule has 0 atom stereocenters. The highest BCUT2D eigenvalue weighted by Gasteiger charge is 2.18. The average Bonchev–Trinajstić information content (AvgIpc) is 3.71. The maximum atomic E-state index is 4.74. The Bertz CT molecular complexity index is 2480. The summed E-state index contributed by atoms with van der Waals surface area (Å²) in [5.41, 5.74) is 8.43. The van der Waals surface area contributed by atoms with Gasteiger partial charge in [0.2, 0.25) is 0 Å². The van der Waals surface area contributed by atoms with Crippen LogP contribution in [0.15, 0.2) is 72.8 Å². The number of rotatable bonds is 1. The summed E-state index contributed by atoms with van der Waals surface area (Å²) in [5.74, 6) is 0. The Balaban J connectivity index is 1.31. The molecule has 0 fully saturated rings. The van der Waals surface area contributed by atoms with E-state index in [1.807, 2.05) is 11.3 Å². The van der Waals surface area contributed by atoms with Gasteiger partial charge in [-0.25, -0.2) is 0 Å². The van der Waals surface area contributed by atoms with Gasteiger partial charge in [0.05, 0.1) is 23.5 Å². The summed E-state index contributed by atoms with van der Waals surface area (Å²) in [6.45, 7) is 4.24. The van der Waals surface area contributed by atoms with Gasteiger partial charge in [-0.15, -0.1) is 11.3 Å². The molecule has 3 heterocycles. The van der Waals surface area contributed by atoms with Crippen LogP contribution in [0, 0.1) is 13.8 Å². The molecule has 39 heavy (non-hydrogen) atoms. The van der Waals surface area contributed by atoms with Crippen molar-refractivity contribution in [3.63, 3.8) is 0 Å². The Morgan fingerprint density at radius 2 is 1.08 bits per heavy atom. The van der Waals surface area contributed by atoms with Crippen molar-refractivity contribution in [2.45, 2.75) is 13.8 Å². The molecule has 0 radical (unpaired) electrons. The lowest BCUT2D eigenvalue weighted by Gasteiger charge is -2.09. The topological polar surface area (TPSA) is 51.6 Å². The van der Waals surface area contributed by atoms with Crippen LogP contribution in [0.4, 0.5) is 0 Å². The lowest BCUT2D eigenvalue weighted by molar-refractivity contribution is 1.51. The van der Waals surface area contributed by atoms with Gasteiger partial charge in [0.25, 0.3) is 0 Å². The Hall–Kier alpha value is -4.04. The lowest BCUT2D eigenvalue weighted by Crippen LogP contribution is -1.88. The number of hydrogen-bond donors (Lipinski definition) is 0. The maximum absolute atomic E-state index is 4.74. The van der Waals surface area contributed by atoms with Crippen LogP contribution < -0.4 is 0 Å². The predicted octanol–water partition coefficient (Wildman–Crippen LogP) is 9.81. The summed E-state index contributed by atoms with van der Waals surface area (Å²) in [6, 6.07) is 27.1. The molecule has 4 nitrogen and oxygen atoms in total. The number of nitrogens with zero attached hydrogens (tertiary/aromatic N) is 4. The fourth-order valence-electron chi connectivity index (χ4n) is 6.07. The highest BCUT2D eigenvalue weighted by molar-refractivity contribution is 7.27. The van der Waals surface area contributed by atoms with Crippen LogP contribution in [0.3, 0.4) is 0 Å². The summed E-state index contributed by atoms with van der Waals surface area (Å²) >= 11 is 4.44. The van der Waals surface area contributed by atoms with Gasteiger partial charge in [-0.1, -0.05) is 60.2 Å². The van der Waals surface area contributed by atoms with E-state index in [0.29, 0.717) is 0 Å². The van der Waals surface area contributed by atoms with Crippen LogP contribution in [-0.4, -0.2) is 17.5 Å². The van der Waals surface area contributed by atoms with Gasteiger partial charge in [0.15, 0.2) is 0 Å². The van der Waals surface area contributed by atoms with E-state index in [4.69, 9.17) is 8.75 Å². The van der Waals surface area contributed by atoms with Gasteiger partial charge in [-0.3, -0.25) is 0 Å². The normalized spacial score (nSPS) is 12.4. The molecule has 3 aromatic heterocycles. The molecule has 0 bridgehead atoms. The number of thiophene rings is 1. The van der Waals surface area contributed by atoms with Gasteiger partial charge in [-0.2, -0.15) is 17.5 Å². The number of hydrogen-bond acceptors (Lipinski definition) is 7.